The molecule has 0 spiro atoms. The van der Waals surface area contributed by atoms with E-state index < -0.39 is 0 Å². The van der Waals surface area contributed by atoms with Gasteiger partial charge in [-0.2, -0.15) is 0 Å². The minimum absolute atomic E-state index is 0.573. The molecule has 0 bridgehead atoms. The highest BCUT2D eigenvalue weighted by Crippen LogP contribution is 2.17. The number of rotatable bonds is 4. The summed E-state index contributed by atoms with van der Waals surface area (Å²) in [6, 6.07) is 10.3. The maximum Gasteiger partial charge on any atom is 0.129 e. The molecule has 0 unspecified atom stereocenters. The van der Waals surface area contributed by atoms with Crippen LogP contribution in [0.15, 0.2) is 41.0 Å². The molecule has 0 radical (unpaired) electrons. The van der Waals surface area contributed by atoms with Crippen LogP contribution in [-0.2, 0) is 13.1 Å². The molecule has 2 aromatic rings. The molecule has 0 aliphatic heterocycles. The Labute approximate surface area is 116 Å². The van der Waals surface area contributed by atoms with Crippen LogP contribution in [0.3, 0.4) is 0 Å². The van der Waals surface area contributed by atoms with Crippen LogP contribution in [0.2, 0.25) is 0 Å². The van der Waals surface area contributed by atoms with Crippen LogP contribution in [0.1, 0.15) is 16.7 Å². The first-order chi connectivity index (χ1) is 8.69. The van der Waals surface area contributed by atoms with Crippen molar-refractivity contribution < 1.29 is 0 Å². The predicted molar refractivity (Wildman–Crippen MR) is 78.3 cm³/mol. The van der Waals surface area contributed by atoms with E-state index in [1.165, 1.54) is 5.56 Å². The van der Waals surface area contributed by atoms with Crippen molar-refractivity contribution in [3.63, 3.8) is 0 Å². The number of aromatic nitrogens is 1. The Morgan fingerprint density at radius 3 is 2.78 bits per heavy atom. The Morgan fingerprint density at radius 2 is 2.06 bits per heavy atom. The molecule has 4 heteroatoms. The molecule has 0 aliphatic carbocycles. The first kappa shape index (κ1) is 13.1. The van der Waals surface area contributed by atoms with Crippen molar-refractivity contribution >= 4 is 21.7 Å². The number of anilines is 1. The third-order valence-electron chi connectivity index (χ3n) is 2.73. The molecule has 0 aliphatic rings. The second-order valence-corrected chi connectivity index (χ2v) is 5.11. The maximum absolute atomic E-state index is 5.63. The van der Waals surface area contributed by atoms with Gasteiger partial charge in [-0.1, -0.05) is 24.3 Å². The summed E-state index contributed by atoms with van der Waals surface area (Å²) in [5.41, 5.74) is 9.11. The summed E-state index contributed by atoms with van der Waals surface area (Å²) < 4.78 is 0.996. The Balaban J connectivity index is 2.06. The normalized spacial score (nSPS) is 10.4. The Bertz CT molecular complexity index is 540. The zero-order chi connectivity index (χ0) is 13.0. The standard InChI is InChI=1S/C14H16BrN3/c1-10-5-13(15)9-18-14(10)17-8-12-4-2-3-11(6-12)7-16/h2-6,9H,7-8,16H2,1H3,(H,17,18). The second kappa shape index (κ2) is 5.98. The van der Waals surface area contributed by atoms with E-state index in [1.807, 2.05) is 25.1 Å². The molecule has 94 valence electrons. The van der Waals surface area contributed by atoms with Gasteiger partial charge >= 0.3 is 0 Å². The van der Waals surface area contributed by atoms with E-state index in [1.54, 1.807) is 6.20 Å². The first-order valence-electron chi connectivity index (χ1n) is 5.83. The number of nitrogens with one attached hydrogen (secondary N) is 1. The molecule has 0 saturated carbocycles. The van der Waals surface area contributed by atoms with Gasteiger partial charge in [0, 0.05) is 23.8 Å². The van der Waals surface area contributed by atoms with Gasteiger partial charge in [0.15, 0.2) is 0 Å². The number of halogens is 1. The van der Waals surface area contributed by atoms with E-state index in [-0.39, 0.29) is 0 Å². The molecule has 2 rings (SSSR count). The van der Waals surface area contributed by atoms with E-state index in [9.17, 15) is 0 Å². The molecule has 0 atom stereocenters. The largest absolute Gasteiger partial charge is 0.366 e. The smallest absolute Gasteiger partial charge is 0.129 e. The van der Waals surface area contributed by atoms with Crippen molar-refractivity contribution in [2.45, 2.75) is 20.0 Å². The third-order valence-corrected chi connectivity index (χ3v) is 3.17. The van der Waals surface area contributed by atoms with Gasteiger partial charge in [0.2, 0.25) is 0 Å². The molecule has 18 heavy (non-hydrogen) atoms. The lowest BCUT2D eigenvalue weighted by Crippen LogP contribution is -2.04. The Morgan fingerprint density at radius 1 is 1.28 bits per heavy atom. The monoisotopic (exact) mass is 305 g/mol. The van der Waals surface area contributed by atoms with E-state index in [4.69, 9.17) is 5.73 Å². The van der Waals surface area contributed by atoms with Crippen LogP contribution < -0.4 is 11.1 Å². The number of hydrogen-bond donors (Lipinski definition) is 2. The number of nitrogens with two attached hydrogens (primary N) is 1. The Hall–Kier alpha value is -1.39. The van der Waals surface area contributed by atoms with E-state index in [2.05, 4.69) is 38.4 Å². The minimum atomic E-state index is 0.573. The SMILES string of the molecule is Cc1cc(Br)cnc1NCc1cccc(CN)c1. The number of benzene rings is 1. The fourth-order valence-corrected chi connectivity index (χ4v) is 2.22. The summed E-state index contributed by atoms with van der Waals surface area (Å²) in [5.74, 6) is 0.913. The van der Waals surface area contributed by atoms with Crippen LogP contribution >= 0.6 is 15.9 Å². The highest BCUT2D eigenvalue weighted by atomic mass is 79.9. The summed E-state index contributed by atoms with van der Waals surface area (Å²) in [7, 11) is 0. The topological polar surface area (TPSA) is 50.9 Å². The van der Waals surface area contributed by atoms with Gasteiger partial charge in [0.1, 0.15) is 5.82 Å². The van der Waals surface area contributed by atoms with Crippen LogP contribution in [-0.4, -0.2) is 4.98 Å². The highest BCUT2D eigenvalue weighted by molar-refractivity contribution is 9.10. The molecule has 3 nitrogen and oxygen atoms in total. The average Bonchev–Trinajstić information content (AvgIpc) is 2.38. The summed E-state index contributed by atoms with van der Waals surface area (Å²) in [5, 5.41) is 3.33. The van der Waals surface area contributed by atoms with Crippen LogP contribution in [0.4, 0.5) is 5.82 Å². The van der Waals surface area contributed by atoms with Gasteiger partial charge in [-0.15, -0.1) is 0 Å². The summed E-state index contributed by atoms with van der Waals surface area (Å²) in [4.78, 5) is 4.35. The lowest BCUT2D eigenvalue weighted by Gasteiger charge is -2.09. The lowest BCUT2D eigenvalue weighted by molar-refractivity contribution is 1.04. The van der Waals surface area contributed by atoms with Gasteiger partial charge in [-0.3, -0.25) is 0 Å². The number of aryl methyl sites for hydroxylation is 1. The molecule has 1 aromatic carbocycles. The van der Waals surface area contributed by atoms with Gasteiger partial charge in [0.05, 0.1) is 0 Å². The number of pyridine rings is 1. The van der Waals surface area contributed by atoms with Crippen molar-refractivity contribution in [1.82, 2.24) is 4.98 Å². The summed E-state index contributed by atoms with van der Waals surface area (Å²) >= 11 is 3.41. The molecule has 1 heterocycles. The van der Waals surface area contributed by atoms with Gasteiger partial charge < -0.3 is 11.1 Å². The summed E-state index contributed by atoms with van der Waals surface area (Å²) in [6.07, 6.45) is 1.80. The molecule has 3 N–H and O–H groups in total. The molecule has 0 amide bonds. The zero-order valence-electron chi connectivity index (χ0n) is 10.3. The Kier molecular flexibility index (Phi) is 4.33. The van der Waals surface area contributed by atoms with Crippen molar-refractivity contribution in [3.05, 3.63) is 57.7 Å². The molecular formula is C14H16BrN3. The fourth-order valence-electron chi connectivity index (χ4n) is 1.78. The van der Waals surface area contributed by atoms with Crippen LogP contribution in [0, 0.1) is 6.92 Å². The average molecular weight is 306 g/mol. The zero-order valence-corrected chi connectivity index (χ0v) is 11.9. The predicted octanol–water partition coefficient (Wildman–Crippen LogP) is 3.22. The molecule has 1 aromatic heterocycles. The van der Waals surface area contributed by atoms with Gasteiger partial charge in [-0.05, 0) is 45.6 Å². The van der Waals surface area contributed by atoms with E-state index in [0.717, 1.165) is 28.0 Å². The molecular weight excluding hydrogens is 290 g/mol. The number of nitrogens with zero attached hydrogens (tertiary/aromatic N) is 1. The summed E-state index contributed by atoms with van der Waals surface area (Å²) in [6.45, 7) is 3.36. The van der Waals surface area contributed by atoms with E-state index in [0.29, 0.717) is 6.54 Å². The lowest BCUT2D eigenvalue weighted by atomic mass is 10.1. The highest BCUT2D eigenvalue weighted by Gasteiger charge is 2.01. The quantitative estimate of drug-likeness (QED) is 0.912. The van der Waals surface area contributed by atoms with Crippen molar-refractivity contribution in [2.75, 3.05) is 5.32 Å². The minimum Gasteiger partial charge on any atom is -0.366 e. The van der Waals surface area contributed by atoms with Crippen molar-refractivity contribution in [3.8, 4) is 0 Å². The molecule has 0 saturated heterocycles. The second-order valence-electron chi connectivity index (χ2n) is 4.20. The fraction of sp³-hybridized carbons (Fsp3) is 0.214. The van der Waals surface area contributed by atoms with Crippen LogP contribution in [0.25, 0.3) is 0 Å². The van der Waals surface area contributed by atoms with Gasteiger partial charge in [-0.25, -0.2) is 4.98 Å². The number of hydrogen-bond acceptors (Lipinski definition) is 3. The first-order valence-corrected chi connectivity index (χ1v) is 6.62. The van der Waals surface area contributed by atoms with Gasteiger partial charge in [0.25, 0.3) is 0 Å². The maximum atomic E-state index is 5.63. The van der Waals surface area contributed by atoms with Crippen molar-refractivity contribution in [2.24, 2.45) is 5.73 Å². The van der Waals surface area contributed by atoms with E-state index >= 15 is 0 Å². The molecule has 0 fully saturated rings. The third kappa shape index (κ3) is 3.31. The van der Waals surface area contributed by atoms with Crippen LogP contribution in [0.5, 0.6) is 0 Å². The van der Waals surface area contributed by atoms with Crippen molar-refractivity contribution in [1.29, 1.82) is 0 Å².